The van der Waals surface area contributed by atoms with Crippen LogP contribution in [0, 0.1) is 11.3 Å². The number of aliphatic carboxylic acids is 1. The molecule has 0 radical (unpaired) electrons. The molecule has 2 aliphatic rings. The Bertz CT molecular complexity index is 271. The van der Waals surface area contributed by atoms with Gasteiger partial charge in [-0.15, -0.1) is 0 Å². The van der Waals surface area contributed by atoms with Crippen LogP contribution in [-0.2, 0) is 9.53 Å². The van der Waals surface area contributed by atoms with Crippen molar-refractivity contribution < 1.29 is 14.6 Å². The van der Waals surface area contributed by atoms with Crippen molar-refractivity contribution in [2.75, 3.05) is 6.61 Å². The Labute approximate surface area is 96.2 Å². The number of ether oxygens (including phenoxy) is 1. The van der Waals surface area contributed by atoms with E-state index in [9.17, 15) is 9.90 Å². The molecule has 1 aliphatic carbocycles. The second kappa shape index (κ2) is 4.34. The topological polar surface area (TPSA) is 72.5 Å². The third-order valence-electron chi connectivity index (χ3n) is 4.43. The van der Waals surface area contributed by atoms with Crippen LogP contribution < -0.4 is 5.73 Å². The van der Waals surface area contributed by atoms with Crippen LogP contribution in [0.5, 0.6) is 0 Å². The minimum absolute atomic E-state index is 0.0745. The standard InChI is InChI=1S/C12H21NO3/c1-8-10(4-7-16-8)12(11(14)15)5-2-9(13)3-6-12/h8-10H,2-7,13H2,1H3,(H,14,15). The number of rotatable bonds is 2. The van der Waals surface area contributed by atoms with Crippen LogP contribution in [0.3, 0.4) is 0 Å². The summed E-state index contributed by atoms with van der Waals surface area (Å²) in [6, 6.07) is 0.185. The van der Waals surface area contributed by atoms with Gasteiger partial charge in [0.25, 0.3) is 0 Å². The van der Waals surface area contributed by atoms with E-state index < -0.39 is 11.4 Å². The molecule has 2 fully saturated rings. The Kier molecular flexibility index (Phi) is 3.22. The van der Waals surface area contributed by atoms with Gasteiger partial charge in [0.15, 0.2) is 0 Å². The molecule has 0 amide bonds. The van der Waals surface area contributed by atoms with E-state index >= 15 is 0 Å². The van der Waals surface area contributed by atoms with E-state index in [2.05, 4.69) is 0 Å². The van der Waals surface area contributed by atoms with Crippen molar-refractivity contribution in [1.82, 2.24) is 0 Å². The molecule has 3 N–H and O–H groups in total. The van der Waals surface area contributed by atoms with Gasteiger partial charge in [0.05, 0.1) is 11.5 Å². The SMILES string of the molecule is CC1OCCC1C1(C(=O)O)CCC(N)CC1. The van der Waals surface area contributed by atoms with Crippen molar-refractivity contribution in [1.29, 1.82) is 0 Å². The molecule has 0 bridgehead atoms. The van der Waals surface area contributed by atoms with Gasteiger partial charge in [0.1, 0.15) is 0 Å². The minimum Gasteiger partial charge on any atom is -0.481 e. The Balaban J connectivity index is 2.18. The van der Waals surface area contributed by atoms with Crippen molar-refractivity contribution in [3.8, 4) is 0 Å². The van der Waals surface area contributed by atoms with Gasteiger partial charge >= 0.3 is 5.97 Å². The summed E-state index contributed by atoms with van der Waals surface area (Å²) in [6.07, 6.45) is 4.03. The predicted octanol–water partition coefficient (Wildman–Crippen LogP) is 1.38. The lowest BCUT2D eigenvalue weighted by molar-refractivity contribution is -0.157. The number of carboxylic acid groups (broad SMARTS) is 1. The maximum absolute atomic E-state index is 11.6. The second-order valence-corrected chi connectivity index (χ2v) is 5.27. The second-order valence-electron chi connectivity index (χ2n) is 5.27. The van der Waals surface area contributed by atoms with Crippen molar-refractivity contribution in [3.63, 3.8) is 0 Å². The zero-order chi connectivity index (χ0) is 11.8. The first kappa shape index (κ1) is 11.9. The molecule has 0 aromatic heterocycles. The lowest BCUT2D eigenvalue weighted by atomic mass is 9.63. The smallest absolute Gasteiger partial charge is 0.310 e. The Hall–Kier alpha value is -0.610. The summed E-state index contributed by atoms with van der Waals surface area (Å²) in [5.74, 6) is -0.487. The zero-order valence-electron chi connectivity index (χ0n) is 9.82. The summed E-state index contributed by atoms with van der Waals surface area (Å²) < 4.78 is 5.53. The lowest BCUT2D eigenvalue weighted by Crippen LogP contribution is -2.46. The summed E-state index contributed by atoms with van der Waals surface area (Å²) in [7, 11) is 0. The highest BCUT2D eigenvalue weighted by Gasteiger charge is 2.51. The summed E-state index contributed by atoms with van der Waals surface area (Å²) in [4.78, 5) is 11.6. The van der Waals surface area contributed by atoms with Crippen LogP contribution in [0.1, 0.15) is 39.0 Å². The molecule has 1 aliphatic heterocycles. The third-order valence-corrected chi connectivity index (χ3v) is 4.43. The van der Waals surface area contributed by atoms with Gasteiger partial charge in [-0.3, -0.25) is 4.79 Å². The van der Waals surface area contributed by atoms with Crippen LogP contribution >= 0.6 is 0 Å². The summed E-state index contributed by atoms with van der Waals surface area (Å²) in [6.45, 7) is 2.70. The predicted molar refractivity (Wildman–Crippen MR) is 60.0 cm³/mol. The van der Waals surface area contributed by atoms with Gasteiger partial charge in [-0.05, 0) is 39.0 Å². The fraction of sp³-hybridized carbons (Fsp3) is 0.917. The maximum Gasteiger partial charge on any atom is 0.310 e. The molecule has 2 atom stereocenters. The van der Waals surface area contributed by atoms with E-state index in [0.717, 1.165) is 19.3 Å². The van der Waals surface area contributed by atoms with Crippen molar-refractivity contribution in [2.45, 2.75) is 51.2 Å². The van der Waals surface area contributed by atoms with E-state index in [1.54, 1.807) is 0 Å². The van der Waals surface area contributed by atoms with Crippen molar-refractivity contribution in [2.24, 2.45) is 17.1 Å². The first-order valence-corrected chi connectivity index (χ1v) is 6.17. The number of nitrogens with two attached hydrogens (primary N) is 1. The van der Waals surface area contributed by atoms with Gasteiger partial charge in [-0.2, -0.15) is 0 Å². The van der Waals surface area contributed by atoms with Gasteiger partial charge < -0.3 is 15.6 Å². The monoisotopic (exact) mass is 227 g/mol. The molecule has 0 aromatic rings. The molecular formula is C12H21NO3. The van der Waals surface area contributed by atoms with Gasteiger partial charge in [0.2, 0.25) is 0 Å². The molecule has 2 rings (SSSR count). The fourth-order valence-corrected chi connectivity index (χ4v) is 3.36. The number of carboxylic acids is 1. The maximum atomic E-state index is 11.6. The first-order chi connectivity index (χ1) is 7.56. The quantitative estimate of drug-likeness (QED) is 0.747. The van der Waals surface area contributed by atoms with Gasteiger partial charge in [0, 0.05) is 18.6 Å². The Morgan fingerprint density at radius 1 is 1.38 bits per heavy atom. The van der Waals surface area contributed by atoms with Gasteiger partial charge in [-0.1, -0.05) is 0 Å². The molecule has 0 aromatic carbocycles. The van der Waals surface area contributed by atoms with E-state index in [4.69, 9.17) is 10.5 Å². The largest absolute Gasteiger partial charge is 0.481 e. The molecular weight excluding hydrogens is 206 g/mol. The molecule has 1 saturated heterocycles. The molecule has 4 nitrogen and oxygen atoms in total. The molecule has 16 heavy (non-hydrogen) atoms. The van der Waals surface area contributed by atoms with E-state index in [0.29, 0.717) is 19.4 Å². The minimum atomic E-state index is -0.651. The van der Waals surface area contributed by atoms with E-state index in [1.165, 1.54) is 0 Å². The average Bonchev–Trinajstić information content (AvgIpc) is 2.66. The van der Waals surface area contributed by atoms with Crippen LogP contribution in [0.4, 0.5) is 0 Å². The van der Waals surface area contributed by atoms with E-state index in [-0.39, 0.29) is 18.1 Å². The molecule has 4 heteroatoms. The number of hydrogen-bond acceptors (Lipinski definition) is 3. The molecule has 0 spiro atoms. The number of carbonyl (C=O) groups is 1. The van der Waals surface area contributed by atoms with E-state index in [1.807, 2.05) is 6.92 Å². The number of hydrogen-bond donors (Lipinski definition) is 2. The van der Waals surface area contributed by atoms with Crippen LogP contribution in [0.2, 0.25) is 0 Å². The summed E-state index contributed by atoms with van der Waals surface area (Å²) >= 11 is 0. The summed E-state index contributed by atoms with van der Waals surface area (Å²) in [5, 5.41) is 9.56. The summed E-state index contributed by atoms with van der Waals surface area (Å²) in [5.41, 5.74) is 5.29. The van der Waals surface area contributed by atoms with Crippen LogP contribution in [0.15, 0.2) is 0 Å². The van der Waals surface area contributed by atoms with Gasteiger partial charge in [-0.25, -0.2) is 0 Å². The molecule has 92 valence electrons. The molecule has 2 unspecified atom stereocenters. The Morgan fingerprint density at radius 3 is 2.44 bits per heavy atom. The molecule has 1 saturated carbocycles. The normalized spacial score (nSPS) is 44.5. The lowest BCUT2D eigenvalue weighted by Gasteiger charge is -2.41. The highest BCUT2D eigenvalue weighted by Crippen LogP contribution is 2.47. The zero-order valence-corrected chi connectivity index (χ0v) is 9.82. The average molecular weight is 227 g/mol. The third kappa shape index (κ3) is 1.84. The fourth-order valence-electron chi connectivity index (χ4n) is 3.36. The van der Waals surface area contributed by atoms with Crippen molar-refractivity contribution in [3.05, 3.63) is 0 Å². The molecule has 1 heterocycles. The highest BCUT2D eigenvalue weighted by atomic mass is 16.5. The van der Waals surface area contributed by atoms with Crippen LogP contribution in [0.25, 0.3) is 0 Å². The highest BCUT2D eigenvalue weighted by molar-refractivity contribution is 5.75. The van der Waals surface area contributed by atoms with Crippen molar-refractivity contribution >= 4 is 5.97 Å². The van der Waals surface area contributed by atoms with Crippen LogP contribution in [-0.4, -0.2) is 29.8 Å². The first-order valence-electron chi connectivity index (χ1n) is 6.17. The Morgan fingerprint density at radius 2 is 2.00 bits per heavy atom.